The van der Waals surface area contributed by atoms with Gasteiger partial charge in [0.15, 0.2) is 6.04 Å². The fourth-order valence-electron chi connectivity index (χ4n) is 4.33. The molecular formula is C25H24BrNO3. The van der Waals surface area contributed by atoms with E-state index in [4.69, 9.17) is 0 Å². The zero-order chi connectivity index (χ0) is 21.5. The average molecular weight is 466 g/mol. The van der Waals surface area contributed by atoms with Crippen LogP contribution < -0.4 is 0 Å². The first kappa shape index (κ1) is 20.7. The Labute approximate surface area is 184 Å². The molecule has 0 heterocycles. The van der Waals surface area contributed by atoms with Crippen molar-refractivity contribution in [2.75, 3.05) is 0 Å². The van der Waals surface area contributed by atoms with Gasteiger partial charge in [0.2, 0.25) is 5.78 Å². The number of aliphatic imine (C=N–C) groups is 1. The molecule has 0 amide bonds. The van der Waals surface area contributed by atoms with Crippen molar-refractivity contribution in [1.29, 1.82) is 0 Å². The summed E-state index contributed by atoms with van der Waals surface area (Å²) in [4.78, 5) is 29.9. The van der Waals surface area contributed by atoms with Gasteiger partial charge in [0, 0.05) is 22.0 Å². The minimum Gasteiger partial charge on any atom is -0.480 e. The van der Waals surface area contributed by atoms with E-state index in [1.165, 1.54) is 0 Å². The summed E-state index contributed by atoms with van der Waals surface area (Å²) in [6, 6.07) is 14.3. The Morgan fingerprint density at radius 1 is 1.10 bits per heavy atom. The van der Waals surface area contributed by atoms with Gasteiger partial charge < -0.3 is 5.11 Å². The monoisotopic (exact) mass is 465 g/mol. The SMILES string of the molecule is CC1(C)CCC2=C(C1)c1ccccc1/C(=N/C(Cc1ccc(Br)cc1)C(=O)O)C2=O. The van der Waals surface area contributed by atoms with Gasteiger partial charge in [-0.3, -0.25) is 9.79 Å². The molecule has 5 heteroatoms. The van der Waals surface area contributed by atoms with E-state index in [9.17, 15) is 14.7 Å². The third-order valence-electron chi connectivity index (χ3n) is 5.98. The summed E-state index contributed by atoms with van der Waals surface area (Å²) < 4.78 is 0.931. The van der Waals surface area contributed by atoms with Gasteiger partial charge in [0.05, 0.1) is 0 Å². The molecule has 0 spiro atoms. The number of rotatable bonds is 4. The van der Waals surface area contributed by atoms with Crippen molar-refractivity contribution in [2.45, 2.75) is 45.6 Å². The molecule has 30 heavy (non-hydrogen) atoms. The topological polar surface area (TPSA) is 66.7 Å². The highest BCUT2D eigenvalue weighted by atomic mass is 79.9. The lowest BCUT2D eigenvalue weighted by Gasteiger charge is -2.36. The van der Waals surface area contributed by atoms with Gasteiger partial charge in [-0.05, 0) is 53.5 Å². The molecule has 2 aliphatic rings. The molecule has 0 bridgehead atoms. The van der Waals surface area contributed by atoms with E-state index in [0.717, 1.165) is 45.2 Å². The van der Waals surface area contributed by atoms with Gasteiger partial charge in [-0.25, -0.2) is 4.79 Å². The minimum atomic E-state index is -1.03. The summed E-state index contributed by atoms with van der Waals surface area (Å²) in [6.07, 6.45) is 2.73. The first-order valence-electron chi connectivity index (χ1n) is 10.2. The van der Waals surface area contributed by atoms with Crippen LogP contribution in [0, 0.1) is 5.41 Å². The van der Waals surface area contributed by atoms with Crippen LogP contribution in [0.2, 0.25) is 0 Å². The lowest BCUT2D eigenvalue weighted by atomic mass is 9.68. The Hall–Kier alpha value is -2.53. The number of aliphatic carboxylic acids is 1. The standard InChI is InChI=1S/C25H24BrNO3/c1-25(2)12-11-19-20(14-25)17-5-3-4-6-18(17)22(23(19)28)27-21(24(29)30)13-15-7-9-16(26)10-8-15/h3-10,21H,11-14H2,1-2H3,(H,29,30)/b27-22-. The van der Waals surface area contributed by atoms with E-state index >= 15 is 0 Å². The molecule has 2 aliphatic carbocycles. The van der Waals surface area contributed by atoms with Crippen LogP contribution >= 0.6 is 15.9 Å². The number of ketones is 1. The predicted molar refractivity (Wildman–Crippen MR) is 122 cm³/mol. The van der Waals surface area contributed by atoms with Crippen LogP contribution in [0.15, 0.2) is 63.6 Å². The molecule has 154 valence electrons. The maximum atomic E-state index is 13.4. The number of hydrogen-bond donors (Lipinski definition) is 1. The molecule has 1 unspecified atom stereocenters. The van der Waals surface area contributed by atoms with E-state index in [2.05, 4.69) is 34.8 Å². The highest BCUT2D eigenvalue weighted by Gasteiger charge is 2.37. The Kier molecular flexibility index (Phi) is 5.49. The molecule has 0 saturated heterocycles. The van der Waals surface area contributed by atoms with Crippen molar-refractivity contribution in [3.63, 3.8) is 0 Å². The number of Topliss-reactive ketones (excluding diaryl/α,β-unsaturated/α-hetero) is 1. The molecule has 0 saturated carbocycles. The molecule has 4 nitrogen and oxygen atoms in total. The molecule has 2 aromatic rings. The first-order chi connectivity index (χ1) is 14.2. The molecule has 0 radical (unpaired) electrons. The smallest absolute Gasteiger partial charge is 0.328 e. The third kappa shape index (κ3) is 4.04. The molecule has 0 aromatic heterocycles. The van der Waals surface area contributed by atoms with Gasteiger partial charge in [-0.1, -0.05) is 66.2 Å². The van der Waals surface area contributed by atoms with E-state index < -0.39 is 12.0 Å². The van der Waals surface area contributed by atoms with Crippen molar-refractivity contribution in [3.05, 3.63) is 75.3 Å². The van der Waals surface area contributed by atoms with Crippen LogP contribution in [-0.2, 0) is 16.0 Å². The number of carboxylic acid groups (broad SMARTS) is 1. The number of hydrogen-bond acceptors (Lipinski definition) is 3. The average Bonchev–Trinajstić information content (AvgIpc) is 2.71. The second-order valence-electron chi connectivity index (χ2n) is 8.84. The highest BCUT2D eigenvalue weighted by molar-refractivity contribution is 9.10. The van der Waals surface area contributed by atoms with Gasteiger partial charge >= 0.3 is 5.97 Å². The summed E-state index contributed by atoms with van der Waals surface area (Å²) in [6.45, 7) is 4.46. The number of nitrogens with zero attached hydrogens (tertiary/aromatic N) is 1. The minimum absolute atomic E-state index is 0.110. The number of allylic oxidation sites excluding steroid dienone is 2. The Bertz CT molecular complexity index is 1080. The van der Waals surface area contributed by atoms with Crippen molar-refractivity contribution >= 4 is 39.0 Å². The highest BCUT2D eigenvalue weighted by Crippen LogP contribution is 2.46. The van der Waals surface area contributed by atoms with Gasteiger partial charge in [0.25, 0.3) is 0 Å². The van der Waals surface area contributed by atoms with Crippen molar-refractivity contribution in [3.8, 4) is 0 Å². The van der Waals surface area contributed by atoms with E-state index in [-0.39, 0.29) is 23.3 Å². The van der Waals surface area contributed by atoms with Crippen LogP contribution in [0.4, 0.5) is 0 Å². The Balaban J connectivity index is 1.77. The summed E-state index contributed by atoms with van der Waals surface area (Å²) >= 11 is 3.39. The number of carbonyl (C=O) groups excluding carboxylic acids is 1. The van der Waals surface area contributed by atoms with Crippen LogP contribution in [0.1, 0.15) is 49.8 Å². The quantitative estimate of drug-likeness (QED) is 0.649. The van der Waals surface area contributed by atoms with Crippen LogP contribution in [0.5, 0.6) is 0 Å². The Morgan fingerprint density at radius 2 is 1.77 bits per heavy atom. The first-order valence-corrected chi connectivity index (χ1v) is 11.0. The molecule has 0 fully saturated rings. The molecule has 0 aliphatic heterocycles. The maximum absolute atomic E-state index is 13.4. The zero-order valence-electron chi connectivity index (χ0n) is 17.1. The normalized spacial score (nSPS) is 20.0. The van der Waals surface area contributed by atoms with Crippen LogP contribution in [0.25, 0.3) is 5.57 Å². The molecule has 1 atom stereocenters. The van der Waals surface area contributed by atoms with Crippen molar-refractivity contribution in [1.82, 2.24) is 0 Å². The summed E-state index contributed by atoms with van der Waals surface area (Å²) in [5.74, 6) is -1.14. The fourth-order valence-corrected chi connectivity index (χ4v) is 4.59. The van der Waals surface area contributed by atoms with Crippen LogP contribution in [0.3, 0.4) is 0 Å². The van der Waals surface area contributed by atoms with Gasteiger partial charge in [-0.15, -0.1) is 0 Å². The van der Waals surface area contributed by atoms with Crippen LogP contribution in [-0.4, -0.2) is 28.6 Å². The summed E-state index contributed by atoms with van der Waals surface area (Å²) in [5.41, 5.74) is 4.98. The second-order valence-corrected chi connectivity index (χ2v) is 9.75. The maximum Gasteiger partial charge on any atom is 0.328 e. The van der Waals surface area contributed by atoms with Gasteiger partial charge in [-0.2, -0.15) is 0 Å². The third-order valence-corrected chi connectivity index (χ3v) is 6.51. The number of halogens is 1. The lowest BCUT2D eigenvalue weighted by molar-refractivity contribution is -0.138. The lowest BCUT2D eigenvalue weighted by Crippen LogP contribution is -2.32. The molecule has 2 aromatic carbocycles. The van der Waals surface area contributed by atoms with Gasteiger partial charge in [0.1, 0.15) is 5.71 Å². The molecule has 1 N–H and O–H groups in total. The van der Waals surface area contributed by atoms with E-state index in [1.807, 2.05) is 48.5 Å². The Morgan fingerprint density at radius 3 is 2.43 bits per heavy atom. The number of benzene rings is 2. The van der Waals surface area contributed by atoms with Crippen molar-refractivity contribution < 1.29 is 14.7 Å². The molecule has 4 rings (SSSR count). The number of carboxylic acids is 1. The largest absolute Gasteiger partial charge is 0.480 e. The van der Waals surface area contributed by atoms with Crippen molar-refractivity contribution in [2.24, 2.45) is 10.4 Å². The fraction of sp³-hybridized carbons (Fsp3) is 0.320. The summed E-state index contributed by atoms with van der Waals surface area (Å²) in [5, 5.41) is 9.82. The van der Waals surface area contributed by atoms with E-state index in [0.29, 0.717) is 6.42 Å². The number of fused-ring (bicyclic) bond motifs is 2. The zero-order valence-corrected chi connectivity index (χ0v) is 18.7. The molecular weight excluding hydrogens is 442 g/mol. The van der Waals surface area contributed by atoms with E-state index in [1.54, 1.807) is 0 Å². The second kappa shape index (κ2) is 7.95. The summed E-state index contributed by atoms with van der Waals surface area (Å²) in [7, 11) is 0. The predicted octanol–water partition coefficient (Wildman–Crippen LogP) is 5.48. The number of carbonyl (C=O) groups is 2.